The Morgan fingerprint density at radius 3 is 2.93 bits per heavy atom. The zero-order chi connectivity index (χ0) is 19.3. The highest BCUT2D eigenvalue weighted by atomic mass is 32.2. The number of hydrogen-bond acceptors (Lipinski definition) is 7. The van der Waals surface area contributed by atoms with E-state index in [0.717, 1.165) is 25.9 Å². The van der Waals surface area contributed by atoms with Crippen LogP contribution >= 0.6 is 23.1 Å². The van der Waals surface area contributed by atoms with Crippen molar-refractivity contribution in [1.82, 2.24) is 10.3 Å². The fraction of sp³-hybridized carbons (Fsp3) is 0.250. The van der Waals surface area contributed by atoms with Gasteiger partial charge >= 0.3 is 5.97 Å². The number of hydrogen-bond donors (Lipinski definition) is 1. The average molecular weight is 415 g/mol. The van der Waals surface area contributed by atoms with E-state index >= 15 is 0 Å². The molecule has 28 heavy (non-hydrogen) atoms. The maximum atomic E-state index is 12.2. The van der Waals surface area contributed by atoms with Gasteiger partial charge in [0.2, 0.25) is 0 Å². The van der Waals surface area contributed by atoms with Gasteiger partial charge in [0.25, 0.3) is 5.91 Å². The van der Waals surface area contributed by atoms with Gasteiger partial charge in [-0.3, -0.25) is 9.59 Å². The van der Waals surface area contributed by atoms with E-state index in [9.17, 15) is 9.59 Å². The fourth-order valence-corrected chi connectivity index (χ4v) is 4.82. The molecule has 1 aliphatic rings. The van der Waals surface area contributed by atoms with E-state index in [0.29, 0.717) is 13.0 Å². The van der Waals surface area contributed by atoms with E-state index in [-0.39, 0.29) is 24.3 Å². The Morgan fingerprint density at radius 1 is 1.21 bits per heavy atom. The second kappa shape index (κ2) is 8.62. The van der Waals surface area contributed by atoms with Gasteiger partial charge in [-0.25, -0.2) is 4.98 Å². The van der Waals surface area contributed by atoms with E-state index in [1.165, 1.54) is 23.1 Å². The van der Waals surface area contributed by atoms with Crippen LogP contribution in [-0.2, 0) is 14.3 Å². The molecule has 3 aromatic rings. The number of carbonyl (C=O) groups excluding carboxylic acids is 2. The predicted octanol–water partition coefficient (Wildman–Crippen LogP) is 3.57. The van der Waals surface area contributed by atoms with Gasteiger partial charge in [-0.1, -0.05) is 42.1 Å². The average Bonchev–Trinajstić information content (AvgIpc) is 3.14. The zero-order valence-corrected chi connectivity index (χ0v) is 16.6. The van der Waals surface area contributed by atoms with Gasteiger partial charge in [0.1, 0.15) is 5.75 Å². The molecule has 2 heterocycles. The summed E-state index contributed by atoms with van der Waals surface area (Å²) < 4.78 is 12.6. The Morgan fingerprint density at radius 2 is 2.04 bits per heavy atom. The zero-order valence-electron chi connectivity index (χ0n) is 14.9. The molecule has 1 aliphatic heterocycles. The van der Waals surface area contributed by atoms with Crippen molar-refractivity contribution in [2.75, 3.05) is 19.0 Å². The summed E-state index contributed by atoms with van der Waals surface area (Å²) in [6.45, 7) is 0.249. The van der Waals surface area contributed by atoms with Crippen molar-refractivity contribution >= 4 is 45.2 Å². The molecule has 0 radical (unpaired) electrons. The molecular formula is C20H18N2O4S2. The quantitative estimate of drug-likeness (QED) is 0.491. The lowest BCUT2D eigenvalue weighted by Crippen LogP contribution is -2.35. The first-order chi connectivity index (χ1) is 13.7. The summed E-state index contributed by atoms with van der Waals surface area (Å²) in [5.41, 5.74) is 1.86. The van der Waals surface area contributed by atoms with Gasteiger partial charge in [0, 0.05) is 12.0 Å². The van der Waals surface area contributed by atoms with Crippen molar-refractivity contribution in [2.24, 2.45) is 0 Å². The van der Waals surface area contributed by atoms with Crippen LogP contribution in [0.4, 0.5) is 0 Å². The standard InChI is InChI=1S/C20H18N2O4S2/c23-18(21-14-9-10-25-16-7-3-1-5-13(14)16)11-26-19(24)12-27-20-22-15-6-2-4-8-17(15)28-20/h1-8,14H,9-12H2,(H,21,23). The molecule has 4 rings (SSSR count). The third kappa shape index (κ3) is 4.45. The Bertz CT molecular complexity index is 972. The highest BCUT2D eigenvalue weighted by molar-refractivity contribution is 8.01. The molecule has 0 saturated carbocycles. The van der Waals surface area contributed by atoms with Crippen LogP contribution in [-0.4, -0.2) is 35.8 Å². The largest absolute Gasteiger partial charge is 0.493 e. The SMILES string of the molecule is O=C(COC(=O)CSc1nc2ccccc2s1)NC1CCOc2ccccc21. The smallest absolute Gasteiger partial charge is 0.316 e. The van der Waals surface area contributed by atoms with E-state index in [4.69, 9.17) is 9.47 Å². The Kier molecular flexibility index (Phi) is 5.78. The van der Waals surface area contributed by atoms with Crippen molar-refractivity contribution in [3.63, 3.8) is 0 Å². The number of aromatic nitrogens is 1. The third-order valence-corrected chi connectivity index (χ3v) is 6.40. The number of para-hydroxylation sites is 2. The molecule has 0 fully saturated rings. The normalized spacial score (nSPS) is 15.5. The minimum atomic E-state index is -0.438. The molecule has 0 spiro atoms. The number of carbonyl (C=O) groups is 2. The summed E-state index contributed by atoms with van der Waals surface area (Å²) in [4.78, 5) is 28.6. The molecule has 1 amide bonds. The molecule has 0 bridgehead atoms. The number of fused-ring (bicyclic) bond motifs is 2. The Balaban J connectivity index is 1.24. The van der Waals surface area contributed by atoms with Crippen molar-refractivity contribution in [2.45, 2.75) is 16.8 Å². The van der Waals surface area contributed by atoms with Gasteiger partial charge in [0.05, 0.1) is 28.6 Å². The Hall–Kier alpha value is -2.58. The summed E-state index contributed by atoms with van der Waals surface area (Å²) >= 11 is 2.85. The van der Waals surface area contributed by atoms with Crippen LogP contribution in [0.25, 0.3) is 10.2 Å². The van der Waals surface area contributed by atoms with Crippen LogP contribution < -0.4 is 10.1 Å². The van der Waals surface area contributed by atoms with Crippen LogP contribution in [0.15, 0.2) is 52.9 Å². The summed E-state index contributed by atoms with van der Waals surface area (Å²) in [5, 5.41) is 2.91. The minimum absolute atomic E-state index is 0.118. The molecule has 1 N–H and O–H groups in total. The number of nitrogens with zero attached hydrogens (tertiary/aromatic N) is 1. The molecule has 8 heteroatoms. The van der Waals surface area contributed by atoms with Crippen LogP contribution in [0, 0.1) is 0 Å². The second-order valence-corrected chi connectivity index (χ2v) is 8.45. The first-order valence-corrected chi connectivity index (χ1v) is 10.6. The van der Waals surface area contributed by atoms with Gasteiger partial charge < -0.3 is 14.8 Å². The molecule has 6 nitrogen and oxygen atoms in total. The summed E-state index contributed by atoms with van der Waals surface area (Å²) in [6, 6.07) is 15.3. The maximum absolute atomic E-state index is 12.2. The van der Waals surface area contributed by atoms with Crippen molar-refractivity contribution in [3.05, 3.63) is 54.1 Å². The monoisotopic (exact) mass is 414 g/mol. The minimum Gasteiger partial charge on any atom is -0.493 e. The molecule has 1 aromatic heterocycles. The van der Waals surface area contributed by atoms with Crippen molar-refractivity contribution in [3.8, 4) is 5.75 Å². The molecule has 2 aromatic carbocycles. The van der Waals surface area contributed by atoms with Gasteiger partial charge in [-0.2, -0.15) is 0 Å². The lowest BCUT2D eigenvalue weighted by atomic mass is 10.0. The summed E-state index contributed by atoms with van der Waals surface area (Å²) in [6.07, 6.45) is 0.685. The fourth-order valence-electron chi connectivity index (χ4n) is 2.95. The number of nitrogens with one attached hydrogen (secondary N) is 1. The van der Waals surface area contributed by atoms with Crippen LogP contribution in [0.1, 0.15) is 18.0 Å². The highest BCUT2D eigenvalue weighted by Crippen LogP contribution is 2.31. The van der Waals surface area contributed by atoms with Crippen molar-refractivity contribution < 1.29 is 19.1 Å². The first-order valence-electron chi connectivity index (χ1n) is 8.84. The maximum Gasteiger partial charge on any atom is 0.316 e. The topological polar surface area (TPSA) is 77.5 Å². The van der Waals surface area contributed by atoms with Gasteiger partial charge in [-0.15, -0.1) is 11.3 Å². The summed E-state index contributed by atoms with van der Waals surface area (Å²) in [5.74, 6) is 0.142. The molecular weight excluding hydrogens is 396 g/mol. The number of benzene rings is 2. The third-order valence-electron chi connectivity index (χ3n) is 4.25. The van der Waals surface area contributed by atoms with Crippen LogP contribution in [0.3, 0.4) is 0 Å². The molecule has 0 aliphatic carbocycles. The number of rotatable bonds is 6. The lowest BCUT2D eigenvalue weighted by Gasteiger charge is -2.26. The van der Waals surface area contributed by atoms with E-state index in [1.54, 1.807) is 0 Å². The first kappa shape index (κ1) is 18.8. The van der Waals surface area contributed by atoms with Crippen LogP contribution in [0.5, 0.6) is 5.75 Å². The van der Waals surface area contributed by atoms with Gasteiger partial charge in [-0.05, 0) is 18.2 Å². The van der Waals surface area contributed by atoms with E-state index < -0.39 is 5.97 Å². The highest BCUT2D eigenvalue weighted by Gasteiger charge is 2.23. The van der Waals surface area contributed by atoms with Crippen LogP contribution in [0.2, 0.25) is 0 Å². The lowest BCUT2D eigenvalue weighted by molar-refractivity contribution is -0.146. The molecule has 1 unspecified atom stereocenters. The number of thiazole rings is 1. The number of thioether (sulfide) groups is 1. The molecule has 144 valence electrons. The summed E-state index contributed by atoms with van der Waals surface area (Å²) in [7, 11) is 0. The van der Waals surface area contributed by atoms with Crippen molar-refractivity contribution in [1.29, 1.82) is 0 Å². The van der Waals surface area contributed by atoms with Gasteiger partial charge in [0.15, 0.2) is 10.9 Å². The number of esters is 1. The second-order valence-electron chi connectivity index (χ2n) is 6.19. The van der Waals surface area contributed by atoms with E-state index in [1.807, 2.05) is 48.5 Å². The molecule has 0 saturated heterocycles. The predicted molar refractivity (Wildman–Crippen MR) is 109 cm³/mol. The molecule has 1 atom stereocenters. The number of amides is 1. The van der Waals surface area contributed by atoms with E-state index in [2.05, 4.69) is 10.3 Å². The Labute approximate surface area is 170 Å². The number of ether oxygens (including phenoxy) is 2.